The summed E-state index contributed by atoms with van der Waals surface area (Å²) in [5, 5.41) is 4.29. The highest BCUT2D eigenvalue weighted by Crippen LogP contribution is 2.29. The van der Waals surface area contributed by atoms with E-state index < -0.39 is 0 Å². The maximum Gasteiger partial charge on any atom is 0.223 e. The third kappa shape index (κ3) is 2.45. The van der Waals surface area contributed by atoms with E-state index in [1.54, 1.807) is 12.5 Å². The van der Waals surface area contributed by atoms with E-state index in [-0.39, 0.29) is 11.8 Å². The maximum absolute atomic E-state index is 12.0. The average molecular weight is 299 g/mol. The van der Waals surface area contributed by atoms with E-state index in [0.717, 1.165) is 55.6 Å². The Bertz CT molecular complexity index is 669. The first-order valence-electron chi connectivity index (χ1n) is 8.19. The maximum atomic E-state index is 12.0. The predicted octanol–water partition coefficient (Wildman–Crippen LogP) is 2.71. The summed E-state index contributed by atoms with van der Waals surface area (Å²) in [4.78, 5) is 18.8. The van der Waals surface area contributed by atoms with Gasteiger partial charge in [-0.1, -0.05) is 6.42 Å². The van der Waals surface area contributed by atoms with Crippen LogP contribution in [0.4, 0.5) is 5.82 Å². The zero-order chi connectivity index (χ0) is 14.9. The third-order valence-electron chi connectivity index (χ3n) is 4.98. The van der Waals surface area contributed by atoms with Crippen molar-refractivity contribution in [3.63, 3.8) is 0 Å². The van der Waals surface area contributed by atoms with Crippen molar-refractivity contribution in [3.8, 4) is 0 Å². The molecule has 0 atom stereocenters. The smallest absolute Gasteiger partial charge is 0.223 e. The van der Waals surface area contributed by atoms with Crippen LogP contribution in [0.2, 0.25) is 0 Å². The van der Waals surface area contributed by atoms with Gasteiger partial charge in [0.15, 0.2) is 0 Å². The second-order valence-electron chi connectivity index (χ2n) is 6.36. The number of anilines is 1. The van der Waals surface area contributed by atoms with E-state index in [4.69, 9.17) is 4.42 Å². The Morgan fingerprint density at radius 2 is 2.05 bits per heavy atom. The molecule has 5 nitrogen and oxygen atoms in total. The fraction of sp³-hybridized carbons (Fsp3) is 0.529. The number of aromatic nitrogens is 1. The number of furan rings is 1. The first-order valence-corrected chi connectivity index (χ1v) is 8.19. The Kier molecular flexibility index (Phi) is 3.48. The van der Waals surface area contributed by atoms with Crippen molar-refractivity contribution in [1.29, 1.82) is 0 Å². The molecule has 0 unspecified atom stereocenters. The fourth-order valence-electron chi connectivity index (χ4n) is 3.36. The molecule has 1 saturated heterocycles. The van der Waals surface area contributed by atoms with Gasteiger partial charge in [0.25, 0.3) is 0 Å². The molecule has 1 N–H and O–H groups in total. The third-order valence-corrected chi connectivity index (χ3v) is 4.98. The minimum absolute atomic E-state index is 0.264. The molecule has 0 radical (unpaired) electrons. The van der Waals surface area contributed by atoms with Crippen LogP contribution in [0, 0.1) is 5.92 Å². The molecule has 3 heterocycles. The molecule has 0 bridgehead atoms. The first kappa shape index (κ1) is 13.6. The molecular weight excluding hydrogens is 278 g/mol. The summed E-state index contributed by atoms with van der Waals surface area (Å²) in [7, 11) is 0. The van der Waals surface area contributed by atoms with E-state index in [1.807, 2.05) is 12.1 Å². The predicted molar refractivity (Wildman–Crippen MR) is 84.7 cm³/mol. The molecule has 2 aromatic rings. The Morgan fingerprint density at radius 3 is 2.77 bits per heavy atom. The Morgan fingerprint density at radius 1 is 1.23 bits per heavy atom. The number of hydrogen-bond acceptors (Lipinski definition) is 4. The Labute approximate surface area is 129 Å². The average Bonchev–Trinajstić information content (AvgIpc) is 2.94. The molecule has 2 aliphatic rings. The van der Waals surface area contributed by atoms with Gasteiger partial charge in [-0.3, -0.25) is 4.79 Å². The van der Waals surface area contributed by atoms with Crippen LogP contribution in [0.15, 0.2) is 29.0 Å². The zero-order valence-electron chi connectivity index (χ0n) is 12.6. The van der Waals surface area contributed by atoms with Crippen molar-refractivity contribution in [3.05, 3.63) is 24.6 Å². The lowest BCUT2D eigenvalue weighted by Gasteiger charge is -2.35. The summed E-state index contributed by atoms with van der Waals surface area (Å²) in [5.74, 6) is 1.54. The minimum Gasteiger partial charge on any atom is -0.464 e. The summed E-state index contributed by atoms with van der Waals surface area (Å²) in [5.41, 5.74) is 0.880. The number of amides is 1. The number of pyridine rings is 1. The number of hydrogen-bond donors (Lipinski definition) is 1. The summed E-state index contributed by atoms with van der Waals surface area (Å²) < 4.78 is 5.44. The SMILES string of the molecule is O=C(NC1CCN(c2nccc3occc23)CC1)C1CCC1. The molecule has 4 rings (SSSR count). The van der Waals surface area contributed by atoms with Crippen LogP contribution < -0.4 is 10.2 Å². The van der Waals surface area contributed by atoms with E-state index in [1.165, 1.54) is 6.42 Å². The number of rotatable bonds is 3. The van der Waals surface area contributed by atoms with E-state index in [0.29, 0.717) is 6.04 Å². The van der Waals surface area contributed by atoms with Crippen molar-refractivity contribution < 1.29 is 9.21 Å². The molecule has 2 aromatic heterocycles. The van der Waals surface area contributed by atoms with Crippen molar-refractivity contribution >= 4 is 22.7 Å². The van der Waals surface area contributed by atoms with Crippen LogP contribution in [0.3, 0.4) is 0 Å². The summed E-state index contributed by atoms with van der Waals surface area (Å²) in [6.45, 7) is 1.85. The molecule has 1 amide bonds. The van der Waals surface area contributed by atoms with Crippen LogP contribution in [0.25, 0.3) is 11.0 Å². The lowest BCUT2D eigenvalue weighted by atomic mass is 9.84. The number of carbonyl (C=O) groups is 1. The highest BCUT2D eigenvalue weighted by Gasteiger charge is 2.28. The standard InChI is InChI=1S/C17H21N3O2/c21-17(12-2-1-3-12)19-13-5-9-20(10-6-13)16-14-7-11-22-15(14)4-8-18-16/h4,7-8,11-13H,1-3,5-6,9-10H2,(H,19,21). The minimum atomic E-state index is 0.264. The van der Waals surface area contributed by atoms with Gasteiger partial charge in [-0.05, 0) is 37.8 Å². The lowest BCUT2D eigenvalue weighted by molar-refractivity contribution is -0.128. The second-order valence-corrected chi connectivity index (χ2v) is 6.36. The summed E-state index contributed by atoms with van der Waals surface area (Å²) >= 11 is 0. The van der Waals surface area contributed by atoms with Crippen LogP contribution in [0.5, 0.6) is 0 Å². The molecule has 116 valence electrons. The zero-order valence-corrected chi connectivity index (χ0v) is 12.6. The molecule has 2 fully saturated rings. The van der Waals surface area contributed by atoms with Gasteiger partial charge in [-0.2, -0.15) is 0 Å². The summed E-state index contributed by atoms with van der Waals surface area (Å²) in [6, 6.07) is 4.18. The van der Waals surface area contributed by atoms with Gasteiger partial charge < -0.3 is 14.6 Å². The van der Waals surface area contributed by atoms with E-state index in [2.05, 4.69) is 15.2 Å². The molecule has 5 heteroatoms. The van der Waals surface area contributed by atoms with Crippen molar-refractivity contribution in [1.82, 2.24) is 10.3 Å². The Balaban J connectivity index is 1.39. The van der Waals surface area contributed by atoms with Crippen LogP contribution in [0.1, 0.15) is 32.1 Å². The number of nitrogens with one attached hydrogen (secondary N) is 1. The van der Waals surface area contributed by atoms with E-state index in [9.17, 15) is 4.79 Å². The Hall–Kier alpha value is -2.04. The van der Waals surface area contributed by atoms with Gasteiger partial charge in [0, 0.05) is 31.2 Å². The summed E-state index contributed by atoms with van der Waals surface area (Å²) in [6.07, 6.45) is 8.81. The van der Waals surface area contributed by atoms with Crippen molar-refractivity contribution in [2.24, 2.45) is 5.92 Å². The fourth-order valence-corrected chi connectivity index (χ4v) is 3.36. The number of piperidine rings is 1. The van der Waals surface area contributed by atoms with Crippen LogP contribution in [-0.2, 0) is 4.79 Å². The molecule has 1 aliphatic heterocycles. The lowest BCUT2D eigenvalue weighted by Crippen LogP contribution is -2.47. The van der Waals surface area contributed by atoms with Gasteiger partial charge in [0.05, 0.1) is 11.6 Å². The monoisotopic (exact) mass is 299 g/mol. The highest BCUT2D eigenvalue weighted by molar-refractivity contribution is 5.88. The number of carbonyl (C=O) groups excluding carboxylic acids is 1. The molecule has 1 aliphatic carbocycles. The van der Waals surface area contributed by atoms with Gasteiger partial charge in [-0.15, -0.1) is 0 Å². The molecular formula is C17H21N3O2. The number of nitrogens with zero attached hydrogens (tertiary/aromatic N) is 2. The van der Waals surface area contributed by atoms with E-state index >= 15 is 0 Å². The quantitative estimate of drug-likeness (QED) is 0.946. The number of fused-ring (bicyclic) bond motifs is 1. The largest absolute Gasteiger partial charge is 0.464 e. The van der Waals surface area contributed by atoms with Crippen LogP contribution >= 0.6 is 0 Å². The van der Waals surface area contributed by atoms with Crippen molar-refractivity contribution in [2.75, 3.05) is 18.0 Å². The molecule has 1 saturated carbocycles. The highest BCUT2D eigenvalue weighted by atomic mass is 16.3. The van der Waals surface area contributed by atoms with Gasteiger partial charge >= 0.3 is 0 Å². The first-order chi connectivity index (χ1) is 10.8. The van der Waals surface area contributed by atoms with Gasteiger partial charge in [0.1, 0.15) is 11.4 Å². The topological polar surface area (TPSA) is 58.4 Å². The van der Waals surface area contributed by atoms with Crippen molar-refractivity contribution in [2.45, 2.75) is 38.1 Å². The molecule has 0 spiro atoms. The van der Waals surface area contributed by atoms with Crippen LogP contribution in [-0.4, -0.2) is 30.0 Å². The van der Waals surface area contributed by atoms with Gasteiger partial charge in [0.2, 0.25) is 5.91 Å². The molecule has 0 aromatic carbocycles. The van der Waals surface area contributed by atoms with Gasteiger partial charge in [-0.25, -0.2) is 4.98 Å². The normalized spacial score (nSPS) is 20.1. The molecule has 22 heavy (non-hydrogen) atoms. The second kappa shape index (κ2) is 5.63.